The maximum atomic E-state index is 10.9. The monoisotopic (exact) mass is 210 g/mol. The van der Waals surface area contributed by atoms with E-state index < -0.39 is 4.92 Å². The molecule has 0 heterocycles. The largest absolute Gasteiger partial charge is 0.493 e. The number of benzene rings is 1. The van der Waals surface area contributed by atoms with Crippen LogP contribution in [-0.4, -0.2) is 19.1 Å². The number of hydrogen-bond acceptors (Lipinski definition) is 4. The lowest BCUT2D eigenvalue weighted by atomic mass is 10.1. The van der Waals surface area contributed by atoms with E-state index in [0.29, 0.717) is 17.7 Å². The molecule has 0 saturated carbocycles. The molecule has 0 saturated heterocycles. The van der Waals surface area contributed by atoms with E-state index in [2.05, 4.69) is 6.92 Å². The average molecular weight is 210 g/mol. The highest BCUT2D eigenvalue weighted by Crippen LogP contribution is 2.39. The fourth-order valence-corrected chi connectivity index (χ4v) is 1.35. The maximum Gasteiger partial charge on any atom is 0.318 e. The standard InChI is InChI=1S/C10H12NO4/c1-4-7-5-6-8(14-2)10(15-3)9(7)11(12)13/h5-6H,1,4H2,2-3H3. The van der Waals surface area contributed by atoms with Crippen molar-refractivity contribution in [2.75, 3.05) is 14.2 Å². The summed E-state index contributed by atoms with van der Waals surface area (Å²) in [5.41, 5.74) is 0.449. The van der Waals surface area contributed by atoms with Crippen molar-refractivity contribution >= 4 is 5.69 Å². The predicted molar refractivity (Wildman–Crippen MR) is 55.3 cm³/mol. The summed E-state index contributed by atoms with van der Waals surface area (Å²) in [7, 11) is 2.81. The van der Waals surface area contributed by atoms with E-state index in [-0.39, 0.29) is 11.4 Å². The Labute approximate surface area is 87.8 Å². The van der Waals surface area contributed by atoms with E-state index in [1.807, 2.05) is 0 Å². The quantitative estimate of drug-likeness (QED) is 0.563. The van der Waals surface area contributed by atoms with Crippen LogP contribution >= 0.6 is 0 Å². The second kappa shape index (κ2) is 4.63. The topological polar surface area (TPSA) is 61.6 Å². The highest BCUT2D eigenvalue weighted by molar-refractivity contribution is 5.60. The molecule has 1 rings (SSSR count). The molecule has 0 amide bonds. The van der Waals surface area contributed by atoms with Crippen molar-refractivity contribution in [1.29, 1.82) is 0 Å². The predicted octanol–water partition coefficient (Wildman–Crippen LogP) is 1.99. The molecule has 0 fully saturated rings. The summed E-state index contributed by atoms with van der Waals surface area (Å²) in [6.07, 6.45) is 0.330. The Balaban J connectivity index is 3.44. The van der Waals surface area contributed by atoms with Gasteiger partial charge in [0.1, 0.15) is 0 Å². The second-order valence-electron chi connectivity index (χ2n) is 2.82. The van der Waals surface area contributed by atoms with Crippen molar-refractivity contribution < 1.29 is 14.4 Å². The van der Waals surface area contributed by atoms with Crippen molar-refractivity contribution in [1.82, 2.24) is 0 Å². The summed E-state index contributed by atoms with van der Waals surface area (Å²) in [5, 5.41) is 10.9. The molecule has 0 atom stereocenters. The van der Waals surface area contributed by atoms with Gasteiger partial charge in [0.15, 0.2) is 5.75 Å². The van der Waals surface area contributed by atoms with Crippen molar-refractivity contribution in [3.63, 3.8) is 0 Å². The van der Waals surface area contributed by atoms with Gasteiger partial charge >= 0.3 is 5.69 Å². The maximum absolute atomic E-state index is 10.9. The molecule has 0 aliphatic carbocycles. The van der Waals surface area contributed by atoms with Crippen molar-refractivity contribution in [3.8, 4) is 11.5 Å². The van der Waals surface area contributed by atoms with E-state index in [4.69, 9.17) is 9.47 Å². The Morgan fingerprint density at radius 1 is 1.40 bits per heavy atom. The molecule has 0 aliphatic heterocycles. The zero-order valence-corrected chi connectivity index (χ0v) is 8.65. The minimum absolute atomic E-state index is 0.0770. The Bertz CT molecular complexity index is 376. The third-order valence-electron chi connectivity index (χ3n) is 2.05. The van der Waals surface area contributed by atoms with Gasteiger partial charge in [-0.05, 0) is 25.5 Å². The van der Waals surface area contributed by atoms with Gasteiger partial charge in [0.05, 0.1) is 19.1 Å². The molecule has 1 radical (unpaired) electrons. The van der Waals surface area contributed by atoms with Gasteiger partial charge in [-0.1, -0.05) is 0 Å². The minimum Gasteiger partial charge on any atom is -0.493 e. The van der Waals surface area contributed by atoms with Crippen LogP contribution in [0.5, 0.6) is 11.5 Å². The number of nitrogens with zero attached hydrogens (tertiary/aromatic N) is 1. The Morgan fingerprint density at radius 2 is 2.07 bits per heavy atom. The molecule has 81 valence electrons. The highest BCUT2D eigenvalue weighted by Gasteiger charge is 2.23. The third-order valence-corrected chi connectivity index (χ3v) is 2.05. The van der Waals surface area contributed by atoms with Gasteiger partial charge < -0.3 is 9.47 Å². The lowest BCUT2D eigenvalue weighted by Gasteiger charge is -2.09. The zero-order chi connectivity index (χ0) is 11.4. The van der Waals surface area contributed by atoms with Crippen molar-refractivity contribution in [3.05, 3.63) is 34.7 Å². The molecule has 0 aliphatic rings. The summed E-state index contributed by atoms with van der Waals surface area (Å²) < 4.78 is 9.95. The Morgan fingerprint density at radius 3 is 2.47 bits per heavy atom. The molecule has 5 heteroatoms. The number of rotatable bonds is 4. The first-order chi connectivity index (χ1) is 7.15. The lowest BCUT2D eigenvalue weighted by Crippen LogP contribution is -2.00. The summed E-state index contributed by atoms with van der Waals surface area (Å²) in [6.45, 7) is 3.63. The van der Waals surface area contributed by atoms with E-state index >= 15 is 0 Å². The molecule has 1 aromatic carbocycles. The number of methoxy groups -OCH3 is 2. The van der Waals surface area contributed by atoms with E-state index in [0.717, 1.165) is 0 Å². The smallest absolute Gasteiger partial charge is 0.318 e. The van der Waals surface area contributed by atoms with Crippen LogP contribution in [0.25, 0.3) is 0 Å². The van der Waals surface area contributed by atoms with Gasteiger partial charge in [0.25, 0.3) is 0 Å². The average Bonchev–Trinajstić information content (AvgIpc) is 2.26. The van der Waals surface area contributed by atoms with Gasteiger partial charge in [-0.15, -0.1) is 0 Å². The van der Waals surface area contributed by atoms with Crippen LogP contribution in [0, 0.1) is 17.0 Å². The van der Waals surface area contributed by atoms with E-state index in [1.54, 1.807) is 12.1 Å². The molecule has 0 spiro atoms. The van der Waals surface area contributed by atoms with Crippen LogP contribution in [0.1, 0.15) is 5.56 Å². The first-order valence-corrected chi connectivity index (χ1v) is 4.33. The van der Waals surface area contributed by atoms with Gasteiger partial charge in [-0.25, -0.2) is 0 Å². The van der Waals surface area contributed by atoms with E-state index in [9.17, 15) is 10.1 Å². The summed E-state index contributed by atoms with van der Waals surface area (Å²) in [6, 6.07) is 3.25. The number of ether oxygens (including phenoxy) is 2. The first kappa shape index (κ1) is 11.3. The highest BCUT2D eigenvalue weighted by atomic mass is 16.6. The molecule has 0 N–H and O–H groups in total. The SMILES string of the molecule is [CH2]Cc1ccc(OC)c(OC)c1[N+](=O)[O-]. The van der Waals surface area contributed by atoms with Crippen molar-refractivity contribution in [2.24, 2.45) is 0 Å². The van der Waals surface area contributed by atoms with Crippen molar-refractivity contribution in [2.45, 2.75) is 6.42 Å². The Hall–Kier alpha value is -1.78. The van der Waals surface area contributed by atoms with E-state index in [1.165, 1.54) is 14.2 Å². The van der Waals surface area contributed by atoms with Crippen LogP contribution < -0.4 is 9.47 Å². The van der Waals surface area contributed by atoms with Gasteiger partial charge in [-0.2, -0.15) is 0 Å². The van der Waals surface area contributed by atoms with Crippen LogP contribution in [0.3, 0.4) is 0 Å². The fourth-order valence-electron chi connectivity index (χ4n) is 1.35. The van der Waals surface area contributed by atoms with Crippen LogP contribution in [-0.2, 0) is 6.42 Å². The van der Waals surface area contributed by atoms with Crippen LogP contribution in [0.2, 0.25) is 0 Å². The minimum atomic E-state index is -0.484. The number of hydrogen-bond donors (Lipinski definition) is 0. The second-order valence-corrected chi connectivity index (χ2v) is 2.82. The molecule has 0 aromatic heterocycles. The van der Waals surface area contributed by atoms with Crippen LogP contribution in [0.4, 0.5) is 5.69 Å². The Kier molecular flexibility index (Phi) is 3.49. The summed E-state index contributed by atoms with van der Waals surface area (Å²) in [4.78, 5) is 10.4. The summed E-state index contributed by atoms with van der Waals surface area (Å²) in [5.74, 6) is 0.491. The summed E-state index contributed by atoms with van der Waals surface area (Å²) >= 11 is 0. The zero-order valence-electron chi connectivity index (χ0n) is 8.65. The molecule has 0 unspecified atom stereocenters. The van der Waals surface area contributed by atoms with Crippen LogP contribution in [0.15, 0.2) is 12.1 Å². The lowest BCUT2D eigenvalue weighted by molar-refractivity contribution is -0.386. The molecule has 0 bridgehead atoms. The molecule has 15 heavy (non-hydrogen) atoms. The third kappa shape index (κ3) is 2.01. The molecule has 1 aromatic rings. The van der Waals surface area contributed by atoms with Gasteiger partial charge in [0.2, 0.25) is 5.75 Å². The van der Waals surface area contributed by atoms with Gasteiger partial charge in [-0.3, -0.25) is 10.1 Å². The molecular weight excluding hydrogens is 198 g/mol. The number of nitro groups is 1. The molecule has 5 nitrogen and oxygen atoms in total. The first-order valence-electron chi connectivity index (χ1n) is 4.33. The van der Waals surface area contributed by atoms with Gasteiger partial charge in [0, 0.05) is 5.56 Å². The normalized spacial score (nSPS) is 9.80. The fraction of sp³-hybridized carbons (Fsp3) is 0.300. The number of nitro benzene ring substituents is 1. The molecular formula is C10H12NO4.